The Kier molecular flexibility index (Phi) is 6.60. The molecule has 3 rings (SSSR count). The van der Waals surface area contributed by atoms with E-state index in [-0.39, 0.29) is 11.5 Å². The highest BCUT2D eigenvalue weighted by Gasteiger charge is 2.35. The van der Waals surface area contributed by atoms with E-state index in [2.05, 4.69) is 36.2 Å². The van der Waals surface area contributed by atoms with Crippen molar-refractivity contribution >= 4 is 6.09 Å². The maximum absolute atomic E-state index is 11.0. The number of nitrogens with zero attached hydrogens (tertiary/aromatic N) is 1. The Morgan fingerprint density at radius 3 is 2.44 bits per heavy atom. The minimum Gasteiger partial charge on any atom is -0.490 e. The van der Waals surface area contributed by atoms with Crippen LogP contribution in [0.25, 0.3) is 0 Å². The molecule has 6 heteroatoms. The normalized spacial score (nSPS) is 21.1. The molecule has 2 saturated heterocycles. The van der Waals surface area contributed by atoms with Gasteiger partial charge in [-0.25, -0.2) is 4.79 Å². The van der Waals surface area contributed by atoms with Gasteiger partial charge in [0.1, 0.15) is 11.9 Å². The van der Waals surface area contributed by atoms with Crippen LogP contribution in [0.2, 0.25) is 0 Å². The molecule has 0 atom stereocenters. The molecule has 2 aliphatic rings. The maximum Gasteiger partial charge on any atom is 0.404 e. The molecule has 0 aliphatic carbocycles. The minimum atomic E-state index is -0.978. The molecule has 0 bridgehead atoms. The van der Waals surface area contributed by atoms with Gasteiger partial charge < -0.3 is 24.8 Å². The van der Waals surface area contributed by atoms with Crippen LogP contribution >= 0.6 is 0 Å². The van der Waals surface area contributed by atoms with Gasteiger partial charge in [-0.2, -0.15) is 0 Å². The van der Waals surface area contributed by atoms with Crippen molar-refractivity contribution in [1.82, 2.24) is 10.2 Å². The van der Waals surface area contributed by atoms with E-state index in [4.69, 9.17) is 14.6 Å². The first kappa shape index (κ1) is 20.0. The van der Waals surface area contributed by atoms with Crippen LogP contribution in [-0.2, 0) is 10.2 Å². The molecule has 1 aromatic rings. The fourth-order valence-corrected chi connectivity index (χ4v) is 4.16. The molecule has 2 N–H and O–H groups in total. The number of benzene rings is 1. The third kappa shape index (κ3) is 5.14. The Balaban J connectivity index is 1.62. The van der Waals surface area contributed by atoms with E-state index in [1.807, 2.05) is 12.1 Å². The lowest BCUT2D eigenvalue weighted by molar-refractivity contribution is 0.0498. The molecule has 27 heavy (non-hydrogen) atoms. The van der Waals surface area contributed by atoms with Crippen molar-refractivity contribution < 1.29 is 19.4 Å². The second-order valence-corrected chi connectivity index (χ2v) is 8.02. The summed E-state index contributed by atoms with van der Waals surface area (Å²) in [4.78, 5) is 13.5. The van der Waals surface area contributed by atoms with E-state index in [0.717, 1.165) is 50.1 Å². The van der Waals surface area contributed by atoms with E-state index >= 15 is 0 Å². The number of carbonyl (C=O) groups is 1. The van der Waals surface area contributed by atoms with Gasteiger partial charge >= 0.3 is 6.09 Å². The summed E-state index contributed by atoms with van der Waals surface area (Å²) < 4.78 is 11.7. The molecule has 2 aliphatic heterocycles. The van der Waals surface area contributed by atoms with Gasteiger partial charge in [-0.1, -0.05) is 12.1 Å². The van der Waals surface area contributed by atoms with Crippen LogP contribution in [0.15, 0.2) is 24.3 Å². The Hall–Kier alpha value is -1.79. The number of hydrogen-bond acceptors (Lipinski definition) is 4. The molecule has 2 fully saturated rings. The Morgan fingerprint density at radius 1 is 1.26 bits per heavy atom. The largest absolute Gasteiger partial charge is 0.490 e. The van der Waals surface area contributed by atoms with E-state index in [1.54, 1.807) is 0 Å². The van der Waals surface area contributed by atoms with Crippen LogP contribution in [0.3, 0.4) is 0 Å². The topological polar surface area (TPSA) is 71.0 Å². The van der Waals surface area contributed by atoms with Gasteiger partial charge in [0.05, 0.1) is 0 Å². The number of amides is 1. The number of nitrogens with one attached hydrogen (secondary N) is 1. The van der Waals surface area contributed by atoms with Gasteiger partial charge in [0.2, 0.25) is 0 Å². The van der Waals surface area contributed by atoms with Crippen LogP contribution < -0.4 is 10.1 Å². The summed E-state index contributed by atoms with van der Waals surface area (Å²) in [7, 11) is 0. The molecule has 2 heterocycles. The Labute approximate surface area is 161 Å². The highest BCUT2D eigenvalue weighted by Crippen LogP contribution is 2.35. The molecule has 6 nitrogen and oxygen atoms in total. The average molecular weight is 376 g/mol. The Morgan fingerprint density at radius 2 is 1.89 bits per heavy atom. The van der Waals surface area contributed by atoms with Crippen molar-refractivity contribution in [3.63, 3.8) is 0 Å². The molecule has 0 saturated carbocycles. The molecule has 1 aromatic carbocycles. The lowest BCUT2D eigenvalue weighted by Crippen LogP contribution is -2.44. The highest BCUT2D eigenvalue weighted by atomic mass is 16.5. The molecule has 0 aromatic heterocycles. The zero-order chi connectivity index (χ0) is 19.3. The fraction of sp³-hybridized carbons (Fsp3) is 0.667. The summed E-state index contributed by atoms with van der Waals surface area (Å²) in [5, 5.41) is 11.6. The van der Waals surface area contributed by atoms with Gasteiger partial charge in [0.15, 0.2) is 0 Å². The van der Waals surface area contributed by atoms with Gasteiger partial charge in [-0.3, -0.25) is 0 Å². The van der Waals surface area contributed by atoms with E-state index in [1.165, 1.54) is 0 Å². The van der Waals surface area contributed by atoms with Crippen LogP contribution in [0.4, 0.5) is 4.79 Å². The molecular formula is C21H32N2O4. The standard InChI is InChI=1S/C21H32N2O4/c1-16(2)23-11-7-19(8-12-23)27-18-5-3-17(4-6-18)21(15-22-20(24)25)9-13-26-14-10-21/h3-6,16,19,22H,7-15H2,1-2H3,(H,24,25). The van der Waals surface area contributed by atoms with Crippen LogP contribution in [0.1, 0.15) is 45.1 Å². The van der Waals surface area contributed by atoms with Crippen LogP contribution in [-0.4, -0.2) is 61.1 Å². The van der Waals surface area contributed by atoms with Crippen molar-refractivity contribution in [2.75, 3.05) is 32.8 Å². The summed E-state index contributed by atoms with van der Waals surface area (Å²) >= 11 is 0. The maximum atomic E-state index is 11.0. The molecule has 0 radical (unpaired) electrons. The monoisotopic (exact) mass is 376 g/mol. The predicted molar refractivity (Wildman–Crippen MR) is 105 cm³/mol. The summed E-state index contributed by atoms with van der Waals surface area (Å²) in [6.45, 7) is 8.40. The number of hydrogen-bond donors (Lipinski definition) is 2. The van der Waals surface area contributed by atoms with Gasteiger partial charge in [-0.15, -0.1) is 0 Å². The minimum absolute atomic E-state index is 0.197. The van der Waals surface area contributed by atoms with Gasteiger partial charge in [0.25, 0.3) is 0 Å². The SMILES string of the molecule is CC(C)N1CCC(Oc2ccc(C3(CNC(=O)O)CCOCC3)cc2)CC1. The first-order valence-electron chi connectivity index (χ1n) is 10.0. The lowest BCUT2D eigenvalue weighted by Gasteiger charge is -2.38. The zero-order valence-corrected chi connectivity index (χ0v) is 16.4. The van der Waals surface area contributed by atoms with Crippen molar-refractivity contribution in [2.24, 2.45) is 0 Å². The Bertz CT molecular complexity index is 603. The first-order valence-corrected chi connectivity index (χ1v) is 10.0. The van der Waals surface area contributed by atoms with Crippen molar-refractivity contribution in [3.8, 4) is 5.75 Å². The van der Waals surface area contributed by atoms with Crippen molar-refractivity contribution in [1.29, 1.82) is 0 Å². The lowest BCUT2D eigenvalue weighted by atomic mass is 9.74. The summed E-state index contributed by atoms with van der Waals surface area (Å²) in [6, 6.07) is 8.84. The number of carboxylic acid groups (broad SMARTS) is 1. The molecule has 150 valence electrons. The molecule has 0 unspecified atom stereocenters. The number of rotatable bonds is 6. The number of likely N-dealkylation sites (tertiary alicyclic amines) is 1. The summed E-state index contributed by atoms with van der Waals surface area (Å²) in [5.41, 5.74) is 0.958. The van der Waals surface area contributed by atoms with E-state index in [0.29, 0.717) is 25.8 Å². The summed E-state index contributed by atoms with van der Waals surface area (Å²) in [5.74, 6) is 0.898. The third-order valence-electron chi connectivity index (χ3n) is 6.00. The third-order valence-corrected chi connectivity index (χ3v) is 6.00. The van der Waals surface area contributed by atoms with Crippen molar-refractivity contribution in [2.45, 2.75) is 57.1 Å². The molecule has 0 spiro atoms. The average Bonchev–Trinajstić information content (AvgIpc) is 2.68. The molecular weight excluding hydrogens is 344 g/mol. The predicted octanol–water partition coefficient (Wildman–Crippen LogP) is 3.25. The van der Waals surface area contributed by atoms with Gasteiger partial charge in [-0.05, 0) is 57.2 Å². The van der Waals surface area contributed by atoms with Gasteiger partial charge in [0, 0.05) is 44.3 Å². The zero-order valence-electron chi connectivity index (χ0n) is 16.4. The quantitative estimate of drug-likeness (QED) is 0.797. The van der Waals surface area contributed by atoms with Crippen LogP contribution in [0.5, 0.6) is 5.75 Å². The smallest absolute Gasteiger partial charge is 0.404 e. The second-order valence-electron chi connectivity index (χ2n) is 8.02. The van der Waals surface area contributed by atoms with Crippen molar-refractivity contribution in [3.05, 3.63) is 29.8 Å². The first-order chi connectivity index (χ1) is 13.0. The highest BCUT2D eigenvalue weighted by molar-refractivity contribution is 5.64. The number of ether oxygens (including phenoxy) is 2. The summed E-state index contributed by atoms with van der Waals surface area (Å²) in [6.07, 6.45) is 3.06. The van der Waals surface area contributed by atoms with E-state index < -0.39 is 6.09 Å². The van der Waals surface area contributed by atoms with E-state index in [9.17, 15) is 4.79 Å². The number of piperidine rings is 1. The fourth-order valence-electron chi connectivity index (χ4n) is 4.16. The molecule has 1 amide bonds. The van der Waals surface area contributed by atoms with Crippen LogP contribution in [0, 0.1) is 0 Å². The second kappa shape index (κ2) is 8.93.